The summed E-state index contributed by atoms with van der Waals surface area (Å²) in [6, 6.07) is 8.27. The van der Waals surface area contributed by atoms with E-state index in [0.29, 0.717) is 12.5 Å². The highest BCUT2D eigenvalue weighted by molar-refractivity contribution is 14.0. The van der Waals surface area contributed by atoms with Crippen LogP contribution in [0.1, 0.15) is 22.3 Å². The van der Waals surface area contributed by atoms with Crippen LogP contribution in [0.15, 0.2) is 41.7 Å². The molecular formula is C17H23IN4. The summed E-state index contributed by atoms with van der Waals surface area (Å²) in [7, 11) is 0. The van der Waals surface area contributed by atoms with Crippen molar-refractivity contribution >= 4 is 35.6 Å². The number of anilines is 1. The van der Waals surface area contributed by atoms with Gasteiger partial charge in [0, 0.05) is 24.6 Å². The molecular weight excluding hydrogens is 387 g/mol. The van der Waals surface area contributed by atoms with Crippen molar-refractivity contribution in [1.29, 1.82) is 0 Å². The first-order valence-electron chi connectivity index (χ1n) is 7.09. The molecule has 0 amide bonds. The first kappa shape index (κ1) is 18.4. The van der Waals surface area contributed by atoms with Crippen LogP contribution in [0.3, 0.4) is 0 Å². The van der Waals surface area contributed by atoms with Gasteiger partial charge in [0.05, 0.1) is 0 Å². The molecule has 2 aromatic rings. The molecule has 3 N–H and O–H groups in total. The third kappa shape index (κ3) is 5.63. The molecule has 1 aromatic heterocycles. The highest BCUT2D eigenvalue weighted by Crippen LogP contribution is 2.13. The average Bonchev–Trinajstić information content (AvgIpc) is 2.39. The number of hydrogen-bond acceptors (Lipinski definition) is 2. The molecule has 4 nitrogen and oxygen atoms in total. The van der Waals surface area contributed by atoms with Crippen LogP contribution in [0.4, 0.5) is 5.69 Å². The number of nitrogens with two attached hydrogens (primary N) is 1. The van der Waals surface area contributed by atoms with E-state index in [1.807, 2.05) is 18.5 Å². The number of hydrogen-bond donors (Lipinski definition) is 2. The number of aliphatic imine (C=N–C) groups is 1. The van der Waals surface area contributed by atoms with Crippen LogP contribution in [-0.2, 0) is 6.42 Å². The van der Waals surface area contributed by atoms with Crippen molar-refractivity contribution in [3.8, 4) is 0 Å². The Labute approximate surface area is 149 Å². The largest absolute Gasteiger partial charge is 0.370 e. The summed E-state index contributed by atoms with van der Waals surface area (Å²) < 4.78 is 0. The lowest BCUT2D eigenvalue weighted by atomic mass is 10.1. The maximum Gasteiger partial charge on any atom is 0.193 e. The molecule has 1 heterocycles. The monoisotopic (exact) mass is 410 g/mol. The van der Waals surface area contributed by atoms with Gasteiger partial charge in [0.1, 0.15) is 0 Å². The van der Waals surface area contributed by atoms with E-state index < -0.39 is 0 Å². The summed E-state index contributed by atoms with van der Waals surface area (Å²) >= 11 is 0. The van der Waals surface area contributed by atoms with E-state index in [2.05, 4.69) is 54.3 Å². The van der Waals surface area contributed by atoms with Crippen LogP contribution in [0.2, 0.25) is 0 Å². The summed E-state index contributed by atoms with van der Waals surface area (Å²) in [6.45, 7) is 6.85. The molecule has 0 unspecified atom stereocenters. The van der Waals surface area contributed by atoms with E-state index in [1.54, 1.807) is 0 Å². The Morgan fingerprint density at radius 1 is 1.18 bits per heavy atom. The number of halogens is 1. The average molecular weight is 410 g/mol. The zero-order valence-electron chi connectivity index (χ0n) is 13.3. The fourth-order valence-electron chi connectivity index (χ4n) is 2.31. The molecule has 0 aliphatic heterocycles. The molecule has 22 heavy (non-hydrogen) atoms. The van der Waals surface area contributed by atoms with E-state index in [0.717, 1.165) is 12.1 Å². The summed E-state index contributed by atoms with van der Waals surface area (Å²) in [4.78, 5) is 8.47. The molecule has 0 bridgehead atoms. The van der Waals surface area contributed by atoms with Gasteiger partial charge in [-0.2, -0.15) is 0 Å². The molecule has 0 aliphatic rings. The Morgan fingerprint density at radius 3 is 2.50 bits per heavy atom. The Morgan fingerprint density at radius 2 is 1.86 bits per heavy atom. The smallest absolute Gasteiger partial charge is 0.193 e. The maximum atomic E-state index is 5.93. The van der Waals surface area contributed by atoms with Crippen molar-refractivity contribution in [3.05, 3.63) is 58.9 Å². The number of nitrogens with zero attached hydrogens (tertiary/aromatic N) is 2. The molecule has 0 aliphatic carbocycles. The summed E-state index contributed by atoms with van der Waals surface area (Å²) in [5.74, 6) is 0.451. The molecule has 5 heteroatoms. The van der Waals surface area contributed by atoms with Gasteiger partial charge in [-0.25, -0.2) is 0 Å². The van der Waals surface area contributed by atoms with Crippen molar-refractivity contribution < 1.29 is 0 Å². The van der Waals surface area contributed by atoms with Crippen LogP contribution in [0.5, 0.6) is 0 Å². The quantitative estimate of drug-likeness (QED) is 0.460. The summed E-state index contributed by atoms with van der Waals surface area (Å²) in [6.07, 6.45) is 4.54. The molecule has 0 atom stereocenters. The maximum absolute atomic E-state index is 5.93. The zero-order chi connectivity index (χ0) is 15.2. The minimum atomic E-state index is 0. The first-order chi connectivity index (χ1) is 10.0. The molecule has 0 radical (unpaired) electrons. The van der Waals surface area contributed by atoms with Crippen molar-refractivity contribution in [1.82, 2.24) is 4.98 Å². The van der Waals surface area contributed by atoms with Crippen molar-refractivity contribution in [2.24, 2.45) is 10.7 Å². The number of pyridine rings is 1. The predicted octanol–water partition coefficient (Wildman–Crippen LogP) is 3.59. The van der Waals surface area contributed by atoms with Gasteiger partial charge in [0.2, 0.25) is 0 Å². The van der Waals surface area contributed by atoms with Gasteiger partial charge in [0.15, 0.2) is 5.96 Å². The van der Waals surface area contributed by atoms with Crippen LogP contribution in [-0.4, -0.2) is 17.5 Å². The normalized spacial score (nSPS) is 11.0. The van der Waals surface area contributed by atoms with E-state index >= 15 is 0 Å². The number of guanidine groups is 1. The Kier molecular flexibility index (Phi) is 7.31. The van der Waals surface area contributed by atoms with Crippen molar-refractivity contribution in [2.45, 2.75) is 27.2 Å². The van der Waals surface area contributed by atoms with Gasteiger partial charge in [-0.15, -0.1) is 24.0 Å². The molecule has 0 fully saturated rings. The minimum absolute atomic E-state index is 0. The van der Waals surface area contributed by atoms with Gasteiger partial charge in [-0.3, -0.25) is 9.98 Å². The Bertz CT molecular complexity index is 633. The predicted molar refractivity (Wildman–Crippen MR) is 104 cm³/mol. The van der Waals surface area contributed by atoms with Crippen molar-refractivity contribution in [2.75, 3.05) is 11.9 Å². The summed E-state index contributed by atoms with van der Waals surface area (Å²) in [5.41, 5.74) is 11.8. The molecule has 1 aromatic carbocycles. The number of rotatable bonds is 4. The fourth-order valence-corrected chi connectivity index (χ4v) is 2.31. The lowest BCUT2D eigenvalue weighted by Crippen LogP contribution is -2.23. The van der Waals surface area contributed by atoms with Crippen LogP contribution >= 0.6 is 24.0 Å². The second-order valence-corrected chi connectivity index (χ2v) is 5.32. The van der Waals surface area contributed by atoms with E-state index in [1.165, 1.54) is 22.3 Å². The number of nitrogens with one attached hydrogen (secondary N) is 1. The number of aromatic nitrogens is 1. The SMILES string of the molecule is Cc1cc(C)cc(NC(N)=NCCc2ccncc2C)c1.I. The number of aryl methyl sites for hydroxylation is 3. The highest BCUT2D eigenvalue weighted by atomic mass is 127. The third-order valence-corrected chi connectivity index (χ3v) is 3.29. The second kappa shape index (κ2) is 8.73. The first-order valence-corrected chi connectivity index (χ1v) is 7.09. The fraction of sp³-hybridized carbons (Fsp3) is 0.294. The molecule has 118 valence electrons. The highest BCUT2D eigenvalue weighted by Gasteiger charge is 1.99. The third-order valence-electron chi connectivity index (χ3n) is 3.29. The van der Waals surface area contributed by atoms with Crippen LogP contribution in [0, 0.1) is 20.8 Å². The van der Waals surface area contributed by atoms with Crippen LogP contribution in [0.25, 0.3) is 0 Å². The topological polar surface area (TPSA) is 63.3 Å². The molecule has 0 saturated carbocycles. The van der Waals surface area contributed by atoms with Gasteiger partial charge in [0.25, 0.3) is 0 Å². The molecule has 0 spiro atoms. The Hall–Kier alpha value is -1.63. The van der Waals surface area contributed by atoms with Gasteiger partial charge >= 0.3 is 0 Å². The lowest BCUT2D eigenvalue weighted by molar-refractivity contribution is 0.948. The molecule has 0 saturated heterocycles. The van der Waals surface area contributed by atoms with Gasteiger partial charge < -0.3 is 11.1 Å². The molecule has 2 rings (SSSR count). The summed E-state index contributed by atoms with van der Waals surface area (Å²) in [5, 5.41) is 3.14. The zero-order valence-corrected chi connectivity index (χ0v) is 15.6. The standard InChI is InChI=1S/C17H22N4.HI/c1-12-8-13(2)10-16(9-12)21-17(18)20-7-5-15-4-6-19-11-14(15)3;/h4,6,8-11H,5,7H2,1-3H3,(H3,18,20,21);1H. The van der Waals surface area contributed by atoms with E-state index in [-0.39, 0.29) is 24.0 Å². The Balaban J connectivity index is 0.00000242. The lowest BCUT2D eigenvalue weighted by Gasteiger charge is -2.08. The van der Waals surface area contributed by atoms with E-state index in [9.17, 15) is 0 Å². The minimum Gasteiger partial charge on any atom is -0.370 e. The van der Waals surface area contributed by atoms with Gasteiger partial charge in [-0.1, -0.05) is 6.07 Å². The van der Waals surface area contributed by atoms with Crippen molar-refractivity contribution in [3.63, 3.8) is 0 Å². The van der Waals surface area contributed by atoms with Crippen LogP contribution < -0.4 is 11.1 Å². The second-order valence-electron chi connectivity index (χ2n) is 5.32. The van der Waals surface area contributed by atoms with E-state index in [4.69, 9.17) is 5.73 Å². The number of benzene rings is 1. The van der Waals surface area contributed by atoms with Gasteiger partial charge in [-0.05, 0) is 67.6 Å².